The molecule has 12 heteroatoms. The van der Waals surface area contributed by atoms with Gasteiger partial charge in [0.2, 0.25) is 0 Å². The van der Waals surface area contributed by atoms with E-state index in [9.17, 15) is 23.1 Å². The van der Waals surface area contributed by atoms with Gasteiger partial charge < -0.3 is 30.7 Å². The summed E-state index contributed by atoms with van der Waals surface area (Å²) in [4.78, 5) is 24.9. The van der Waals surface area contributed by atoms with E-state index in [4.69, 9.17) is 10.5 Å². The molecule has 0 spiro atoms. The second-order valence-electron chi connectivity index (χ2n) is 8.06. The number of fused-ring (bicyclic) bond motifs is 1. The summed E-state index contributed by atoms with van der Waals surface area (Å²) < 4.78 is 44.9. The fourth-order valence-corrected chi connectivity index (χ4v) is 3.96. The van der Waals surface area contributed by atoms with Crippen molar-refractivity contribution in [3.05, 3.63) is 46.4 Å². The number of amides is 2. The van der Waals surface area contributed by atoms with Crippen LogP contribution in [0.25, 0.3) is 0 Å². The maximum absolute atomic E-state index is 13.2. The highest BCUT2D eigenvalue weighted by molar-refractivity contribution is 5.76. The molecule has 0 unspecified atom stereocenters. The summed E-state index contributed by atoms with van der Waals surface area (Å²) in [6.07, 6.45) is -4.52. The molecule has 1 atom stereocenters. The molecule has 2 aliphatic heterocycles. The van der Waals surface area contributed by atoms with Crippen LogP contribution in [0.3, 0.4) is 0 Å². The molecule has 0 saturated carbocycles. The second kappa shape index (κ2) is 9.02. The number of urea groups is 1. The topological polar surface area (TPSA) is 117 Å². The second-order valence-corrected chi connectivity index (χ2v) is 8.06. The highest BCUT2D eigenvalue weighted by atomic mass is 19.4. The SMILES string of the molecule is C[C@@H](Nc1nc(CO)nc2c1CN(C(=O)N1CCOCC1)C2)c1cc(N)cc(C(F)(F)F)c1. The number of anilines is 2. The number of hydrogen-bond acceptors (Lipinski definition) is 7. The molecule has 2 aliphatic rings. The lowest BCUT2D eigenvalue weighted by Gasteiger charge is -2.30. The molecule has 4 N–H and O–H groups in total. The Hall–Kier alpha value is -3.12. The van der Waals surface area contributed by atoms with Crippen LogP contribution >= 0.6 is 0 Å². The lowest BCUT2D eigenvalue weighted by molar-refractivity contribution is -0.137. The standard InChI is InChI=1S/C21H25F3N6O3/c1-12(13-6-14(21(22,23)24)8-15(25)7-13)26-19-16-9-30(10-17(16)27-18(11-31)28-19)20(32)29-2-4-33-5-3-29/h6-8,12,31H,2-5,9-11,25H2,1H3,(H,26,27,28)/t12-/m1/s1. The maximum Gasteiger partial charge on any atom is 0.416 e. The van der Waals surface area contributed by atoms with Crippen molar-refractivity contribution in [2.24, 2.45) is 0 Å². The molecule has 3 heterocycles. The smallest absolute Gasteiger partial charge is 0.399 e. The van der Waals surface area contributed by atoms with Gasteiger partial charge >= 0.3 is 12.2 Å². The number of benzene rings is 1. The van der Waals surface area contributed by atoms with Gasteiger partial charge in [-0.15, -0.1) is 0 Å². The van der Waals surface area contributed by atoms with Crippen LogP contribution in [-0.2, 0) is 30.6 Å². The third-order valence-electron chi connectivity index (χ3n) is 5.68. The summed E-state index contributed by atoms with van der Waals surface area (Å²) in [6, 6.07) is 2.67. The first-order valence-corrected chi connectivity index (χ1v) is 10.5. The molecule has 178 valence electrons. The largest absolute Gasteiger partial charge is 0.416 e. The van der Waals surface area contributed by atoms with Crippen molar-refractivity contribution >= 4 is 17.5 Å². The van der Waals surface area contributed by atoms with Gasteiger partial charge in [-0.3, -0.25) is 0 Å². The molecular weight excluding hydrogens is 441 g/mol. The molecule has 2 aromatic rings. The third kappa shape index (κ3) is 4.96. The quantitative estimate of drug-likeness (QED) is 0.593. The Labute approximate surface area is 188 Å². The van der Waals surface area contributed by atoms with E-state index in [0.717, 1.165) is 12.1 Å². The van der Waals surface area contributed by atoms with Crippen molar-refractivity contribution in [1.82, 2.24) is 19.8 Å². The highest BCUT2D eigenvalue weighted by Gasteiger charge is 2.33. The summed E-state index contributed by atoms with van der Waals surface area (Å²) in [5, 5.41) is 12.7. The maximum atomic E-state index is 13.2. The number of nitrogens with two attached hydrogens (primary N) is 1. The number of nitrogen functional groups attached to an aromatic ring is 1. The van der Waals surface area contributed by atoms with E-state index in [1.807, 2.05) is 0 Å². The van der Waals surface area contributed by atoms with Gasteiger partial charge in [-0.1, -0.05) is 0 Å². The predicted octanol–water partition coefficient (Wildman–Crippen LogP) is 2.51. The van der Waals surface area contributed by atoms with Crippen molar-refractivity contribution in [3.8, 4) is 0 Å². The van der Waals surface area contributed by atoms with E-state index < -0.39 is 24.4 Å². The van der Waals surface area contributed by atoms with Gasteiger partial charge in [-0.05, 0) is 30.7 Å². The number of aromatic nitrogens is 2. The Bertz CT molecular complexity index is 1040. The number of morpholine rings is 1. The average molecular weight is 466 g/mol. The lowest BCUT2D eigenvalue weighted by atomic mass is 10.0. The molecule has 1 aromatic carbocycles. The van der Waals surface area contributed by atoms with Crippen LogP contribution in [0.1, 0.15) is 41.2 Å². The minimum absolute atomic E-state index is 0.000258. The Morgan fingerprint density at radius 3 is 2.61 bits per heavy atom. The minimum atomic E-state index is -4.52. The molecule has 1 aromatic heterocycles. The fourth-order valence-electron chi connectivity index (χ4n) is 3.96. The van der Waals surface area contributed by atoms with Crippen molar-refractivity contribution in [3.63, 3.8) is 0 Å². The van der Waals surface area contributed by atoms with E-state index in [-0.39, 0.29) is 30.6 Å². The third-order valence-corrected chi connectivity index (χ3v) is 5.68. The summed E-state index contributed by atoms with van der Waals surface area (Å²) in [5.74, 6) is 0.525. The van der Waals surface area contributed by atoms with Crippen LogP contribution in [0.5, 0.6) is 0 Å². The number of hydrogen-bond donors (Lipinski definition) is 3. The number of carbonyl (C=O) groups excluding carboxylic acids is 1. The van der Waals surface area contributed by atoms with E-state index in [0.29, 0.717) is 48.9 Å². The van der Waals surface area contributed by atoms with E-state index >= 15 is 0 Å². The summed E-state index contributed by atoms with van der Waals surface area (Å²) in [5.41, 5.74) is 6.46. The predicted molar refractivity (Wildman–Crippen MR) is 113 cm³/mol. The summed E-state index contributed by atoms with van der Waals surface area (Å²) >= 11 is 0. The number of alkyl halides is 3. The fraction of sp³-hybridized carbons (Fsp3) is 0.476. The number of nitrogens with zero attached hydrogens (tertiary/aromatic N) is 4. The van der Waals surface area contributed by atoms with Gasteiger partial charge in [0.05, 0.1) is 43.6 Å². The monoisotopic (exact) mass is 466 g/mol. The molecule has 4 rings (SSSR count). The molecule has 0 aliphatic carbocycles. The first kappa shape index (κ1) is 23.1. The van der Waals surface area contributed by atoms with Gasteiger partial charge in [0, 0.05) is 24.3 Å². The van der Waals surface area contributed by atoms with Gasteiger partial charge in [0.15, 0.2) is 5.82 Å². The Morgan fingerprint density at radius 1 is 1.21 bits per heavy atom. The van der Waals surface area contributed by atoms with E-state index in [1.54, 1.807) is 16.7 Å². The van der Waals surface area contributed by atoms with Crippen molar-refractivity contribution < 1.29 is 27.8 Å². The zero-order valence-electron chi connectivity index (χ0n) is 18.0. The van der Waals surface area contributed by atoms with Crippen molar-refractivity contribution in [1.29, 1.82) is 0 Å². The number of ether oxygens (including phenoxy) is 1. The number of rotatable bonds is 4. The zero-order valence-corrected chi connectivity index (χ0v) is 18.0. The number of nitrogens with one attached hydrogen (secondary N) is 1. The molecule has 0 radical (unpaired) electrons. The van der Waals surface area contributed by atoms with Gasteiger partial charge in [-0.25, -0.2) is 14.8 Å². The average Bonchev–Trinajstić information content (AvgIpc) is 3.22. The minimum Gasteiger partial charge on any atom is -0.399 e. The number of aliphatic hydroxyl groups excluding tert-OH is 1. The van der Waals surface area contributed by atoms with Gasteiger partial charge in [-0.2, -0.15) is 13.2 Å². The van der Waals surface area contributed by atoms with Crippen LogP contribution in [0, 0.1) is 0 Å². The lowest BCUT2D eigenvalue weighted by Crippen LogP contribution is -2.46. The first-order chi connectivity index (χ1) is 15.7. The van der Waals surface area contributed by atoms with Crippen LogP contribution in [0.15, 0.2) is 18.2 Å². The van der Waals surface area contributed by atoms with Gasteiger partial charge in [0.1, 0.15) is 12.4 Å². The molecule has 0 bridgehead atoms. The van der Waals surface area contributed by atoms with Crippen molar-refractivity contribution in [2.75, 3.05) is 37.4 Å². The molecule has 2 amide bonds. The summed E-state index contributed by atoms with van der Waals surface area (Å²) in [6.45, 7) is 3.73. The first-order valence-electron chi connectivity index (χ1n) is 10.5. The van der Waals surface area contributed by atoms with E-state index in [2.05, 4.69) is 15.3 Å². The molecule has 9 nitrogen and oxygen atoms in total. The highest BCUT2D eigenvalue weighted by Crippen LogP contribution is 2.34. The normalized spacial score (nSPS) is 17.1. The van der Waals surface area contributed by atoms with Crippen molar-refractivity contribution in [2.45, 2.75) is 38.8 Å². The van der Waals surface area contributed by atoms with Crippen LogP contribution in [-0.4, -0.2) is 57.2 Å². The van der Waals surface area contributed by atoms with Gasteiger partial charge in [0.25, 0.3) is 0 Å². The molecular formula is C21H25F3N6O3. The number of carbonyl (C=O) groups is 1. The zero-order chi connectivity index (χ0) is 23.8. The number of aliphatic hydroxyl groups is 1. The Balaban J connectivity index is 1.58. The molecule has 1 saturated heterocycles. The van der Waals surface area contributed by atoms with Crippen LogP contribution in [0.4, 0.5) is 29.5 Å². The molecule has 1 fully saturated rings. The number of halogens is 3. The van der Waals surface area contributed by atoms with Crippen LogP contribution in [0.2, 0.25) is 0 Å². The molecule has 33 heavy (non-hydrogen) atoms. The van der Waals surface area contributed by atoms with E-state index in [1.165, 1.54) is 6.07 Å². The summed E-state index contributed by atoms with van der Waals surface area (Å²) in [7, 11) is 0. The Morgan fingerprint density at radius 2 is 1.94 bits per heavy atom. The van der Waals surface area contributed by atoms with Crippen LogP contribution < -0.4 is 11.1 Å². The Kier molecular flexibility index (Phi) is 6.30.